The molecular formula is C16H19BrN2O4S. The maximum Gasteiger partial charge on any atom is 0.291 e. The maximum absolute atomic E-state index is 12.4. The van der Waals surface area contributed by atoms with Crippen molar-refractivity contribution in [3.63, 3.8) is 0 Å². The number of carbonyl (C=O) groups excluding carboxylic acids is 1. The second-order valence-electron chi connectivity index (χ2n) is 5.26. The van der Waals surface area contributed by atoms with E-state index in [2.05, 4.69) is 21.2 Å². The number of furan rings is 1. The summed E-state index contributed by atoms with van der Waals surface area (Å²) in [5.41, 5.74) is 0.489. The average Bonchev–Trinajstić information content (AvgIpc) is 2.99. The van der Waals surface area contributed by atoms with E-state index in [0.717, 1.165) is 12.8 Å². The van der Waals surface area contributed by atoms with Gasteiger partial charge in [0.05, 0.1) is 4.90 Å². The third-order valence-electron chi connectivity index (χ3n) is 3.44. The number of unbranched alkanes of at least 4 members (excludes halogenated alkanes) is 1. The zero-order chi connectivity index (χ0) is 17.7. The summed E-state index contributed by atoms with van der Waals surface area (Å²) < 4.78 is 31.8. The van der Waals surface area contributed by atoms with E-state index in [9.17, 15) is 13.2 Å². The topological polar surface area (TPSA) is 79.6 Å². The third-order valence-corrected chi connectivity index (χ3v) is 5.74. The summed E-state index contributed by atoms with van der Waals surface area (Å²) >= 11 is 3.13. The minimum atomic E-state index is -3.51. The molecule has 2 aromatic rings. The summed E-state index contributed by atoms with van der Waals surface area (Å²) in [5.74, 6) is -0.241. The van der Waals surface area contributed by atoms with Crippen molar-refractivity contribution in [2.45, 2.75) is 24.7 Å². The Hall–Kier alpha value is -1.64. The normalized spacial score (nSPS) is 11.7. The summed E-state index contributed by atoms with van der Waals surface area (Å²) in [6, 6.07) is 9.22. The summed E-state index contributed by atoms with van der Waals surface area (Å²) in [7, 11) is -1.94. The molecule has 0 spiro atoms. The molecule has 1 aromatic carbocycles. The fourth-order valence-corrected chi connectivity index (χ4v) is 3.54. The lowest BCUT2D eigenvalue weighted by atomic mass is 10.3. The zero-order valence-corrected chi connectivity index (χ0v) is 15.9. The van der Waals surface area contributed by atoms with Crippen LogP contribution in [0.2, 0.25) is 0 Å². The van der Waals surface area contributed by atoms with E-state index in [1.807, 2.05) is 6.92 Å². The van der Waals surface area contributed by atoms with E-state index in [0.29, 0.717) is 16.9 Å². The second-order valence-corrected chi connectivity index (χ2v) is 8.09. The van der Waals surface area contributed by atoms with Gasteiger partial charge in [0.15, 0.2) is 10.4 Å². The molecule has 0 radical (unpaired) electrons. The number of amides is 1. The molecule has 0 unspecified atom stereocenters. The van der Waals surface area contributed by atoms with E-state index < -0.39 is 15.9 Å². The molecule has 0 aliphatic carbocycles. The van der Waals surface area contributed by atoms with Crippen molar-refractivity contribution in [3.05, 3.63) is 46.8 Å². The first-order chi connectivity index (χ1) is 11.3. The second kappa shape index (κ2) is 7.96. The van der Waals surface area contributed by atoms with Gasteiger partial charge >= 0.3 is 0 Å². The number of nitrogens with one attached hydrogen (secondary N) is 1. The zero-order valence-electron chi connectivity index (χ0n) is 13.5. The number of sulfonamides is 1. The Morgan fingerprint density at radius 2 is 1.88 bits per heavy atom. The SMILES string of the molecule is CCCCN(C)S(=O)(=O)c1ccc(NC(=O)c2ccc(Br)o2)cc1. The minimum Gasteiger partial charge on any atom is -0.444 e. The van der Waals surface area contributed by atoms with Crippen LogP contribution in [0.5, 0.6) is 0 Å². The molecule has 0 bridgehead atoms. The number of nitrogens with zero attached hydrogens (tertiary/aromatic N) is 1. The van der Waals surface area contributed by atoms with Crippen LogP contribution in [0, 0.1) is 0 Å². The van der Waals surface area contributed by atoms with Crippen molar-refractivity contribution in [1.82, 2.24) is 4.31 Å². The highest BCUT2D eigenvalue weighted by Gasteiger charge is 2.20. The van der Waals surface area contributed by atoms with Crippen molar-refractivity contribution in [2.24, 2.45) is 0 Å². The highest BCUT2D eigenvalue weighted by Crippen LogP contribution is 2.19. The molecule has 0 atom stereocenters. The fraction of sp³-hybridized carbons (Fsp3) is 0.312. The molecule has 8 heteroatoms. The Kier molecular flexibility index (Phi) is 6.20. The molecule has 24 heavy (non-hydrogen) atoms. The van der Waals surface area contributed by atoms with Crippen LogP contribution in [-0.4, -0.2) is 32.2 Å². The standard InChI is InChI=1S/C16H19BrN2O4S/c1-3-4-11-19(2)24(21,22)13-7-5-12(6-8-13)18-16(20)14-9-10-15(17)23-14/h5-10H,3-4,11H2,1-2H3,(H,18,20). The number of benzene rings is 1. The first-order valence-electron chi connectivity index (χ1n) is 7.47. The van der Waals surface area contributed by atoms with E-state index >= 15 is 0 Å². The Bertz CT molecular complexity index is 800. The summed E-state index contributed by atoms with van der Waals surface area (Å²) in [4.78, 5) is 12.2. The first kappa shape index (κ1) is 18.7. The lowest BCUT2D eigenvalue weighted by Gasteiger charge is -2.17. The van der Waals surface area contributed by atoms with Gasteiger partial charge in [0.2, 0.25) is 10.0 Å². The molecule has 6 nitrogen and oxygen atoms in total. The van der Waals surface area contributed by atoms with Gasteiger partial charge < -0.3 is 9.73 Å². The van der Waals surface area contributed by atoms with Gasteiger partial charge in [0, 0.05) is 19.3 Å². The van der Waals surface area contributed by atoms with Crippen molar-refractivity contribution in [2.75, 3.05) is 18.9 Å². The van der Waals surface area contributed by atoms with Gasteiger partial charge in [-0.05, 0) is 58.7 Å². The molecule has 130 valence electrons. The molecule has 0 aliphatic rings. The Balaban J connectivity index is 2.08. The van der Waals surface area contributed by atoms with Crippen LogP contribution in [0.15, 0.2) is 50.4 Å². The molecule has 1 heterocycles. The molecular weight excluding hydrogens is 396 g/mol. The Labute approximate surface area is 150 Å². The van der Waals surface area contributed by atoms with Gasteiger partial charge in [-0.3, -0.25) is 4.79 Å². The Morgan fingerprint density at radius 1 is 1.21 bits per heavy atom. The smallest absolute Gasteiger partial charge is 0.291 e. The van der Waals surface area contributed by atoms with E-state index in [4.69, 9.17) is 4.42 Å². The van der Waals surface area contributed by atoms with Crippen LogP contribution in [0.25, 0.3) is 0 Å². The molecule has 1 aromatic heterocycles. The highest BCUT2D eigenvalue weighted by atomic mass is 79.9. The third kappa shape index (κ3) is 4.46. The average molecular weight is 415 g/mol. The first-order valence-corrected chi connectivity index (χ1v) is 9.71. The van der Waals surface area contributed by atoms with Gasteiger partial charge in [0.25, 0.3) is 5.91 Å². The monoisotopic (exact) mass is 414 g/mol. The van der Waals surface area contributed by atoms with E-state index in [-0.39, 0.29) is 10.7 Å². The van der Waals surface area contributed by atoms with Gasteiger partial charge in [0.1, 0.15) is 0 Å². The molecule has 0 saturated heterocycles. The van der Waals surface area contributed by atoms with Gasteiger partial charge in [-0.25, -0.2) is 12.7 Å². The lowest BCUT2D eigenvalue weighted by Crippen LogP contribution is -2.27. The molecule has 1 N–H and O–H groups in total. The highest BCUT2D eigenvalue weighted by molar-refractivity contribution is 9.10. The predicted octanol–water partition coefficient (Wildman–Crippen LogP) is 3.72. The largest absolute Gasteiger partial charge is 0.444 e. The van der Waals surface area contributed by atoms with Crippen LogP contribution in [0.4, 0.5) is 5.69 Å². The van der Waals surface area contributed by atoms with Crippen LogP contribution in [0.3, 0.4) is 0 Å². The van der Waals surface area contributed by atoms with E-state index in [1.165, 1.54) is 16.4 Å². The van der Waals surface area contributed by atoms with Gasteiger partial charge in [-0.1, -0.05) is 13.3 Å². The summed E-state index contributed by atoms with van der Waals surface area (Å²) in [5, 5.41) is 2.65. The van der Waals surface area contributed by atoms with Gasteiger partial charge in [-0.2, -0.15) is 0 Å². The number of hydrogen-bond acceptors (Lipinski definition) is 4. The molecule has 0 saturated carbocycles. The number of carbonyl (C=O) groups is 1. The number of halogens is 1. The maximum atomic E-state index is 12.4. The molecule has 0 fully saturated rings. The Morgan fingerprint density at radius 3 is 2.42 bits per heavy atom. The fourth-order valence-electron chi connectivity index (χ4n) is 2.02. The lowest BCUT2D eigenvalue weighted by molar-refractivity contribution is 0.0995. The minimum absolute atomic E-state index is 0.165. The van der Waals surface area contributed by atoms with E-state index in [1.54, 1.807) is 31.3 Å². The van der Waals surface area contributed by atoms with Crippen LogP contribution in [0.1, 0.15) is 30.3 Å². The van der Waals surface area contributed by atoms with Crippen LogP contribution >= 0.6 is 15.9 Å². The van der Waals surface area contributed by atoms with Crippen LogP contribution in [-0.2, 0) is 10.0 Å². The van der Waals surface area contributed by atoms with Crippen molar-refractivity contribution >= 4 is 37.5 Å². The number of anilines is 1. The summed E-state index contributed by atoms with van der Waals surface area (Å²) in [6.07, 6.45) is 1.73. The van der Waals surface area contributed by atoms with Crippen LogP contribution < -0.4 is 5.32 Å². The molecule has 1 amide bonds. The number of rotatable bonds is 7. The summed E-state index contributed by atoms with van der Waals surface area (Å²) in [6.45, 7) is 2.49. The molecule has 0 aliphatic heterocycles. The van der Waals surface area contributed by atoms with Crippen molar-refractivity contribution in [1.29, 1.82) is 0 Å². The quantitative estimate of drug-likeness (QED) is 0.748. The van der Waals surface area contributed by atoms with Crippen molar-refractivity contribution in [3.8, 4) is 0 Å². The molecule has 2 rings (SSSR count). The van der Waals surface area contributed by atoms with Gasteiger partial charge in [-0.15, -0.1) is 0 Å². The predicted molar refractivity (Wildman–Crippen MR) is 95.5 cm³/mol. The van der Waals surface area contributed by atoms with Crippen molar-refractivity contribution < 1.29 is 17.6 Å². The number of hydrogen-bond donors (Lipinski definition) is 1.